The lowest BCUT2D eigenvalue weighted by Crippen LogP contribution is -2.55. The predicted molar refractivity (Wildman–Crippen MR) is 87.4 cm³/mol. The molecule has 1 aromatic carbocycles. The summed E-state index contributed by atoms with van der Waals surface area (Å²) in [6, 6.07) is 7.54. The van der Waals surface area contributed by atoms with Crippen LogP contribution in [0.15, 0.2) is 29.4 Å². The number of fused-ring (bicyclic) bond motifs is 1. The first-order valence-corrected chi connectivity index (χ1v) is 9.03. The number of hydrogen-bond acceptors (Lipinski definition) is 6. The Bertz CT molecular complexity index is 709. The van der Waals surface area contributed by atoms with Gasteiger partial charge >= 0.3 is 0 Å². The molecule has 1 saturated heterocycles. The average molecular weight is 340 g/mol. The van der Waals surface area contributed by atoms with E-state index in [2.05, 4.69) is 15.4 Å². The number of anilines is 1. The molecule has 1 aromatic rings. The van der Waals surface area contributed by atoms with Gasteiger partial charge in [0.25, 0.3) is 16.0 Å². The van der Waals surface area contributed by atoms with Gasteiger partial charge in [-0.05, 0) is 31.4 Å². The molecule has 1 unspecified atom stereocenters. The molecule has 0 bridgehead atoms. The monoisotopic (exact) mass is 340 g/mol. The molecular formula is C14H20N4O4S. The van der Waals surface area contributed by atoms with E-state index in [1.54, 1.807) is 0 Å². The van der Waals surface area contributed by atoms with Crippen LogP contribution in [-0.2, 0) is 14.9 Å². The molecule has 4 N–H and O–H groups in total. The van der Waals surface area contributed by atoms with Crippen LogP contribution in [0.3, 0.4) is 0 Å². The van der Waals surface area contributed by atoms with Gasteiger partial charge in [-0.2, -0.15) is 13.5 Å². The van der Waals surface area contributed by atoms with E-state index >= 15 is 0 Å². The SMILES string of the molecule is CS(=O)(=O)O.Nc1cccc(C2=NNC(=O)C3CCCCN23)c1. The van der Waals surface area contributed by atoms with E-state index in [4.69, 9.17) is 10.3 Å². The molecule has 23 heavy (non-hydrogen) atoms. The molecule has 0 radical (unpaired) electrons. The van der Waals surface area contributed by atoms with Gasteiger partial charge in [0.05, 0.1) is 6.26 Å². The summed E-state index contributed by atoms with van der Waals surface area (Å²) in [5.41, 5.74) is 10.1. The molecule has 3 rings (SSSR count). The van der Waals surface area contributed by atoms with E-state index in [1.807, 2.05) is 24.3 Å². The minimum absolute atomic E-state index is 0.00218. The number of carbonyl (C=O) groups excluding carboxylic acids is 1. The van der Waals surface area contributed by atoms with Crippen LogP contribution in [0.5, 0.6) is 0 Å². The van der Waals surface area contributed by atoms with Crippen LogP contribution < -0.4 is 11.2 Å². The fraction of sp³-hybridized carbons (Fsp3) is 0.429. The fourth-order valence-corrected chi connectivity index (χ4v) is 2.61. The zero-order chi connectivity index (χ0) is 17.0. The Morgan fingerprint density at radius 3 is 2.74 bits per heavy atom. The summed E-state index contributed by atoms with van der Waals surface area (Å²) in [7, 11) is -3.67. The quantitative estimate of drug-likeness (QED) is 0.502. The number of amidine groups is 1. The highest BCUT2D eigenvalue weighted by Gasteiger charge is 2.34. The summed E-state index contributed by atoms with van der Waals surface area (Å²) >= 11 is 0. The topological polar surface area (TPSA) is 125 Å². The number of rotatable bonds is 1. The standard InChI is InChI=1S/C13H16N4O.CH4O3S/c14-10-5-3-4-9(8-10)12-15-16-13(18)11-6-1-2-7-17(11)12;1-5(2,3)4/h3-5,8,11H,1-2,6-7,14H2,(H,16,18);1H3,(H,2,3,4). The van der Waals surface area contributed by atoms with Crippen LogP contribution in [0.4, 0.5) is 5.69 Å². The minimum atomic E-state index is -3.67. The number of piperidine rings is 1. The van der Waals surface area contributed by atoms with Gasteiger partial charge in [0.2, 0.25) is 0 Å². The van der Waals surface area contributed by atoms with Gasteiger partial charge in [0, 0.05) is 17.8 Å². The van der Waals surface area contributed by atoms with E-state index in [0.29, 0.717) is 11.9 Å². The number of amides is 1. The molecule has 1 atom stereocenters. The molecule has 0 saturated carbocycles. The van der Waals surface area contributed by atoms with Crippen molar-refractivity contribution in [1.29, 1.82) is 0 Å². The third kappa shape index (κ3) is 4.93. The van der Waals surface area contributed by atoms with E-state index < -0.39 is 10.1 Å². The molecule has 2 aliphatic rings. The average Bonchev–Trinajstić information content (AvgIpc) is 2.46. The maximum Gasteiger partial charge on any atom is 0.262 e. The first-order chi connectivity index (χ1) is 10.8. The Morgan fingerprint density at radius 2 is 2.09 bits per heavy atom. The summed E-state index contributed by atoms with van der Waals surface area (Å²) in [4.78, 5) is 13.9. The van der Waals surface area contributed by atoms with E-state index in [-0.39, 0.29) is 11.9 Å². The molecule has 0 spiro atoms. The molecule has 2 aliphatic heterocycles. The van der Waals surface area contributed by atoms with Crippen LogP contribution in [0, 0.1) is 0 Å². The van der Waals surface area contributed by atoms with Gasteiger partial charge in [0.1, 0.15) is 6.04 Å². The van der Waals surface area contributed by atoms with Gasteiger partial charge < -0.3 is 10.6 Å². The van der Waals surface area contributed by atoms with Crippen LogP contribution in [-0.4, -0.2) is 48.5 Å². The normalized spacial score (nSPS) is 20.6. The van der Waals surface area contributed by atoms with Gasteiger partial charge in [-0.15, -0.1) is 0 Å². The van der Waals surface area contributed by atoms with E-state index in [0.717, 1.165) is 37.2 Å². The van der Waals surface area contributed by atoms with Crippen molar-refractivity contribution in [2.45, 2.75) is 25.3 Å². The van der Waals surface area contributed by atoms with Crippen molar-refractivity contribution >= 4 is 27.5 Å². The maximum atomic E-state index is 11.8. The third-order valence-corrected chi connectivity index (χ3v) is 3.49. The lowest BCUT2D eigenvalue weighted by atomic mass is 9.99. The Labute approximate surface area is 135 Å². The highest BCUT2D eigenvalue weighted by Crippen LogP contribution is 2.23. The number of nitrogens with zero attached hydrogens (tertiary/aromatic N) is 2. The zero-order valence-electron chi connectivity index (χ0n) is 12.8. The molecule has 8 nitrogen and oxygen atoms in total. The van der Waals surface area contributed by atoms with Crippen LogP contribution in [0.25, 0.3) is 0 Å². The third-order valence-electron chi connectivity index (χ3n) is 3.49. The molecule has 1 amide bonds. The van der Waals surface area contributed by atoms with E-state index in [9.17, 15) is 13.2 Å². The molecule has 1 fully saturated rings. The van der Waals surface area contributed by atoms with Crippen LogP contribution >= 0.6 is 0 Å². The Kier molecular flexibility index (Phi) is 5.22. The summed E-state index contributed by atoms with van der Waals surface area (Å²) < 4.78 is 25.9. The largest absolute Gasteiger partial charge is 0.399 e. The first-order valence-electron chi connectivity index (χ1n) is 7.18. The summed E-state index contributed by atoms with van der Waals surface area (Å²) in [6.07, 6.45) is 3.81. The number of nitrogens with two attached hydrogens (primary N) is 1. The van der Waals surface area contributed by atoms with Crippen molar-refractivity contribution in [2.75, 3.05) is 18.5 Å². The van der Waals surface area contributed by atoms with Gasteiger partial charge in [-0.3, -0.25) is 9.35 Å². The van der Waals surface area contributed by atoms with Gasteiger partial charge in [0.15, 0.2) is 5.84 Å². The number of carbonyl (C=O) groups is 1. The summed E-state index contributed by atoms with van der Waals surface area (Å²) in [5, 5.41) is 4.19. The highest BCUT2D eigenvalue weighted by molar-refractivity contribution is 7.85. The van der Waals surface area contributed by atoms with E-state index in [1.165, 1.54) is 0 Å². The summed E-state index contributed by atoms with van der Waals surface area (Å²) in [6.45, 7) is 0.881. The first kappa shape index (κ1) is 17.2. The van der Waals surface area contributed by atoms with Crippen molar-refractivity contribution < 1.29 is 17.8 Å². The lowest BCUT2D eigenvalue weighted by molar-refractivity contribution is -0.126. The molecule has 0 aromatic heterocycles. The van der Waals surface area contributed by atoms with Crippen molar-refractivity contribution in [3.05, 3.63) is 29.8 Å². The number of nitrogens with one attached hydrogen (secondary N) is 1. The van der Waals surface area contributed by atoms with Gasteiger partial charge in [-0.1, -0.05) is 12.1 Å². The minimum Gasteiger partial charge on any atom is -0.399 e. The predicted octanol–water partition coefficient (Wildman–Crippen LogP) is 0.419. The second-order valence-corrected chi connectivity index (χ2v) is 6.94. The van der Waals surface area contributed by atoms with Crippen LogP contribution in [0.1, 0.15) is 24.8 Å². The smallest absolute Gasteiger partial charge is 0.262 e. The zero-order valence-corrected chi connectivity index (χ0v) is 13.6. The van der Waals surface area contributed by atoms with Crippen molar-refractivity contribution in [1.82, 2.24) is 10.3 Å². The van der Waals surface area contributed by atoms with Crippen molar-refractivity contribution in [3.8, 4) is 0 Å². The maximum absolute atomic E-state index is 11.8. The second-order valence-electron chi connectivity index (χ2n) is 5.47. The molecular weight excluding hydrogens is 320 g/mol. The molecule has 0 aliphatic carbocycles. The highest BCUT2D eigenvalue weighted by atomic mass is 32.2. The number of benzene rings is 1. The van der Waals surface area contributed by atoms with Crippen molar-refractivity contribution in [3.63, 3.8) is 0 Å². The molecule has 2 heterocycles. The fourth-order valence-electron chi connectivity index (χ4n) is 2.61. The summed E-state index contributed by atoms with van der Waals surface area (Å²) in [5.74, 6) is 0.828. The van der Waals surface area contributed by atoms with Crippen LogP contribution in [0.2, 0.25) is 0 Å². The molecule has 9 heteroatoms. The Balaban J connectivity index is 0.000000338. The van der Waals surface area contributed by atoms with Crippen molar-refractivity contribution in [2.24, 2.45) is 5.10 Å². The number of hydrogen-bond donors (Lipinski definition) is 3. The Morgan fingerprint density at radius 1 is 1.39 bits per heavy atom. The van der Waals surface area contributed by atoms with Gasteiger partial charge in [-0.25, -0.2) is 5.43 Å². The lowest BCUT2D eigenvalue weighted by Gasteiger charge is -2.39. The number of hydrazone groups is 1. The second kappa shape index (κ2) is 6.97. The molecule has 126 valence electrons. The number of nitrogen functional groups attached to an aromatic ring is 1. The Hall–Kier alpha value is -2.13.